The molecule has 0 aliphatic rings. The van der Waals surface area contributed by atoms with Crippen molar-refractivity contribution in [1.82, 2.24) is 4.72 Å². The van der Waals surface area contributed by atoms with Crippen LogP contribution in [-0.4, -0.2) is 25.5 Å². The molecule has 0 saturated heterocycles. The lowest BCUT2D eigenvalue weighted by Crippen LogP contribution is -2.38. The van der Waals surface area contributed by atoms with E-state index in [1.807, 2.05) is 0 Å². The van der Waals surface area contributed by atoms with E-state index in [1.165, 1.54) is 24.3 Å². The molecule has 0 spiro atoms. The van der Waals surface area contributed by atoms with Gasteiger partial charge in [-0.15, -0.1) is 11.3 Å². The fraction of sp³-hybridized carbons (Fsp3) is 0.375. The fourth-order valence-electron chi connectivity index (χ4n) is 1.04. The first-order valence-electron chi connectivity index (χ1n) is 4.25. The van der Waals surface area contributed by atoms with Gasteiger partial charge in [0, 0.05) is 4.88 Å². The van der Waals surface area contributed by atoms with Crippen LogP contribution in [0, 0.1) is 6.92 Å². The van der Waals surface area contributed by atoms with Crippen LogP contribution in [0.4, 0.5) is 0 Å². The van der Waals surface area contributed by atoms with Gasteiger partial charge in [0.2, 0.25) is 10.0 Å². The quantitative estimate of drug-likeness (QED) is 0.879. The summed E-state index contributed by atoms with van der Waals surface area (Å²) in [5.74, 6) is -1.21. The minimum absolute atomic E-state index is 0.109. The van der Waals surface area contributed by atoms with Crippen molar-refractivity contribution in [2.75, 3.05) is 0 Å². The number of sulfonamides is 1. The first-order chi connectivity index (χ1) is 7.24. The molecule has 2 N–H and O–H groups in total. The van der Waals surface area contributed by atoms with E-state index in [4.69, 9.17) is 5.11 Å². The molecule has 0 unspecified atom stereocenters. The van der Waals surface area contributed by atoms with Crippen molar-refractivity contribution in [3.8, 4) is 0 Å². The summed E-state index contributed by atoms with van der Waals surface area (Å²) in [6.07, 6.45) is 0. The number of thiophene rings is 1. The standard InChI is InChI=1S/C8H10BrNO4S2/c1-4(8(11)12)10-16(13,14)6-3-7(9)15-5(6)2/h3-4,10H,1-2H3,(H,11,12)/t4-/m1/s1. The summed E-state index contributed by atoms with van der Waals surface area (Å²) in [5.41, 5.74) is 0. The zero-order valence-corrected chi connectivity index (χ0v) is 11.7. The molecule has 0 radical (unpaired) electrons. The molecule has 1 aromatic rings. The molecule has 0 aliphatic carbocycles. The molecule has 8 heteroatoms. The summed E-state index contributed by atoms with van der Waals surface area (Å²) in [4.78, 5) is 11.3. The van der Waals surface area contributed by atoms with E-state index in [9.17, 15) is 13.2 Å². The third-order valence-corrected chi connectivity index (χ3v) is 5.18. The molecule has 0 fully saturated rings. The number of halogens is 1. The molecule has 1 atom stereocenters. The van der Waals surface area contributed by atoms with Crippen LogP contribution < -0.4 is 4.72 Å². The molecule has 1 heterocycles. The number of hydrogen-bond acceptors (Lipinski definition) is 4. The molecule has 90 valence electrons. The molecular weight excluding hydrogens is 318 g/mol. The average molecular weight is 328 g/mol. The van der Waals surface area contributed by atoms with Gasteiger partial charge in [-0.05, 0) is 35.8 Å². The third kappa shape index (κ3) is 3.03. The monoisotopic (exact) mass is 327 g/mol. The van der Waals surface area contributed by atoms with Gasteiger partial charge in [-0.3, -0.25) is 4.79 Å². The molecule has 0 aliphatic heterocycles. The number of aryl methyl sites for hydroxylation is 1. The molecule has 0 saturated carbocycles. The highest BCUT2D eigenvalue weighted by Crippen LogP contribution is 2.29. The smallest absolute Gasteiger partial charge is 0.321 e. The van der Waals surface area contributed by atoms with Crippen molar-refractivity contribution >= 4 is 43.3 Å². The topological polar surface area (TPSA) is 83.5 Å². The maximum atomic E-state index is 11.8. The number of carboxylic acid groups (broad SMARTS) is 1. The van der Waals surface area contributed by atoms with E-state index in [2.05, 4.69) is 20.7 Å². The molecule has 0 amide bonds. The van der Waals surface area contributed by atoms with Gasteiger partial charge in [0.1, 0.15) is 6.04 Å². The van der Waals surface area contributed by atoms with Gasteiger partial charge in [-0.25, -0.2) is 8.42 Å². The second-order valence-electron chi connectivity index (χ2n) is 3.15. The summed E-state index contributed by atoms with van der Waals surface area (Å²) >= 11 is 4.46. The summed E-state index contributed by atoms with van der Waals surface area (Å²) in [5, 5.41) is 8.63. The predicted molar refractivity (Wildman–Crippen MR) is 64.2 cm³/mol. The van der Waals surface area contributed by atoms with Crippen LogP contribution >= 0.6 is 27.3 Å². The highest BCUT2D eigenvalue weighted by Gasteiger charge is 2.24. The van der Waals surface area contributed by atoms with E-state index >= 15 is 0 Å². The van der Waals surface area contributed by atoms with Crippen molar-refractivity contribution < 1.29 is 18.3 Å². The Morgan fingerprint density at radius 1 is 1.62 bits per heavy atom. The number of hydrogen-bond donors (Lipinski definition) is 2. The second kappa shape index (κ2) is 4.82. The first kappa shape index (κ1) is 13.6. The van der Waals surface area contributed by atoms with Crippen LogP contribution in [0.5, 0.6) is 0 Å². The normalized spacial score (nSPS) is 13.7. The zero-order chi connectivity index (χ0) is 12.5. The Kier molecular flexibility index (Phi) is 4.11. The van der Waals surface area contributed by atoms with Gasteiger partial charge >= 0.3 is 5.97 Å². The number of carboxylic acids is 1. The lowest BCUT2D eigenvalue weighted by molar-refractivity contribution is -0.138. The Balaban J connectivity index is 3.03. The van der Waals surface area contributed by atoms with E-state index < -0.39 is 22.0 Å². The highest BCUT2D eigenvalue weighted by molar-refractivity contribution is 9.11. The molecular formula is C8H10BrNO4S2. The number of rotatable bonds is 4. The maximum Gasteiger partial charge on any atom is 0.321 e. The van der Waals surface area contributed by atoms with Gasteiger partial charge in [0.05, 0.1) is 8.68 Å². The molecule has 5 nitrogen and oxygen atoms in total. The van der Waals surface area contributed by atoms with Crippen molar-refractivity contribution in [2.24, 2.45) is 0 Å². The molecule has 1 rings (SSSR count). The SMILES string of the molecule is Cc1sc(Br)cc1S(=O)(=O)N[C@H](C)C(=O)O. The minimum Gasteiger partial charge on any atom is -0.480 e. The van der Waals surface area contributed by atoms with Gasteiger partial charge in [0.25, 0.3) is 0 Å². The largest absolute Gasteiger partial charge is 0.480 e. The van der Waals surface area contributed by atoms with Crippen molar-refractivity contribution in [3.63, 3.8) is 0 Å². The highest BCUT2D eigenvalue weighted by atomic mass is 79.9. The Hall–Kier alpha value is -0.440. The van der Waals surface area contributed by atoms with Crippen molar-refractivity contribution in [3.05, 3.63) is 14.7 Å². The molecule has 0 aromatic carbocycles. The second-order valence-corrected chi connectivity index (χ2v) is 7.47. The Morgan fingerprint density at radius 2 is 2.19 bits per heavy atom. The summed E-state index contributed by atoms with van der Waals surface area (Å²) < 4.78 is 26.4. The summed E-state index contributed by atoms with van der Waals surface area (Å²) in [6, 6.07) is 0.305. The van der Waals surface area contributed by atoms with Gasteiger partial charge in [-0.1, -0.05) is 0 Å². The van der Waals surface area contributed by atoms with Gasteiger partial charge in [0.15, 0.2) is 0 Å². The lowest BCUT2D eigenvalue weighted by Gasteiger charge is -2.09. The minimum atomic E-state index is -3.76. The van der Waals surface area contributed by atoms with Gasteiger partial charge in [-0.2, -0.15) is 4.72 Å². The Labute approximate surface area is 106 Å². The van der Waals surface area contributed by atoms with Crippen LogP contribution in [0.25, 0.3) is 0 Å². The van der Waals surface area contributed by atoms with Crippen LogP contribution in [-0.2, 0) is 14.8 Å². The maximum absolute atomic E-state index is 11.8. The number of aliphatic carboxylic acids is 1. The lowest BCUT2D eigenvalue weighted by atomic mass is 10.4. The molecule has 0 bridgehead atoms. The van der Waals surface area contributed by atoms with Crippen LogP contribution in [0.2, 0.25) is 0 Å². The Bertz CT molecular complexity index is 508. The zero-order valence-electron chi connectivity index (χ0n) is 8.52. The first-order valence-corrected chi connectivity index (χ1v) is 7.34. The predicted octanol–water partition coefficient (Wildman–Crippen LogP) is 1.57. The van der Waals surface area contributed by atoms with Crippen molar-refractivity contribution in [2.45, 2.75) is 24.8 Å². The number of carbonyl (C=O) groups is 1. The van der Waals surface area contributed by atoms with Crippen molar-refractivity contribution in [1.29, 1.82) is 0 Å². The van der Waals surface area contributed by atoms with Crippen LogP contribution in [0.15, 0.2) is 14.7 Å². The van der Waals surface area contributed by atoms with Crippen LogP contribution in [0.1, 0.15) is 11.8 Å². The van der Waals surface area contributed by atoms with E-state index in [0.29, 0.717) is 8.66 Å². The molecule has 1 aromatic heterocycles. The van der Waals surface area contributed by atoms with Gasteiger partial charge < -0.3 is 5.11 Å². The van der Waals surface area contributed by atoms with Crippen LogP contribution in [0.3, 0.4) is 0 Å². The third-order valence-electron chi connectivity index (χ3n) is 1.83. The summed E-state index contributed by atoms with van der Waals surface area (Å²) in [6.45, 7) is 2.94. The van der Waals surface area contributed by atoms with E-state index in [0.717, 1.165) is 0 Å². The summed E-state index contributed by atoms with van der Waals surface area (Å²) in [7, 11) is -3.76. The van der Waals surface area contributed by atoms with E-state index in [-0.39, 0.29) is 4.90 Å². The Morgan fingerprint density at radius 3 is 2.56 bits per heavy atom. The average Bonchev–Trinajstić information content (AvgIpc) is 2.45. The number of nitrogens with one attached hydrogen (secondary N) is 1. The van der Waals surface area contributed by atoms with E-state index in [1.54, 1.807) is 6.92 Å². The fourth-order valence-corrected chi connectivity index (χ4v) is 4.66. The molecule has 16 heavy (non-hydrogen) atoms.